The van der Waals surface area contributed by atoms with Crippen molar-refractivity contribution in [1.29, 1.82) is 0 Å². The summed E-state index contributed by atoms with van der Waals surface area (Å²) in [6.07, 6.45) is 3.76. The van der Waals surface area contributed by atoms with Crippen LogP contribution in [0.4, 0.5) is 5.69 Å². The van der Waals surface area contributed by atoms with Crippen LogP contribution < -0.4 is 5.73 Å². The second-order valence-electron chi connectivity index (χ2n) is 4.31. The normalized spacial score (nSPS) is 21.2. The molecule has 1 fully saturated rings. The van der Waals surface area contributed by atoms with Crippen molar-refractivity contribution in [3.8, 4) is 0 Å². The number of carbonyl (C=O) groups excluding carboxylic acids is 1. The largest absolute Gasteiger partial charge is 0.465 e. The van der Waals surface area contributed by atoms with Gasteiger partial charge >= 0.3 is 5.97 Å². The minimum atomic E-state index is -0.0469. The lowest BCUT2D eigenvalue weighted by molar-refractivity contribution is -0.147. The van der Waals surface area contributed by atoms with Crippen molar-refractivity contribution >= 4 is 11.7 Å². The number of nitrogens with two attached hydrogens (primary N) is 1. The third-order valence-electron chi connectivity index (χ3n) is 2.99. The fourth-order valence-corrected chi connectivity index (χ4v) is 2.02. The zero-order valence-electron chi connectivity index (χ0n) is 9.32. The number of hydrogen-bond acceptors (Lipinski definition) is 3. The summed E-state index contributed by atoms with van der Waals surface area (Å²) < 4.78 is 5.15. The summed E-state index contributed by atoms with van der Waals surface area (Å²) in [5, 5.41) is 0. The molecule has 1 saturated heterocycles. The smallest absolute Gasteiger partial charge is 0.309 e. The number of cyclic esters (lactones) is 1. The molecule has 1 heterocycles. The number of rotatable bonds is 2. The van der Waals surface area contributed by atoms with Gasteiger partial charge in [0.1, 0.15) is 0 Å². The molecule has 1 aliphatic heterocycles. The molecule has 0 saturated carbocycles. The van der Waals surface area contributed by atoms with E-state index in [0.29, 0.717) is 6.61 Å². The predicted molar refractivity (Wildman–Crippen MR) is 62.9 cm³/mol. The summed E-state index contributed by atoms with van der Waals surface area (Å²) in [5.41, 5.74) is 7.53. The van der Waals surface area contributed by atoms with Gasteiger partial charge in [-0.2, -0.15) is 0 Å². The number of esters is 1. The lowest BCUT2D eigenvalue weighted by atomic mass is 9.95. The van der Waals surface area contributed by atoms with Crippen LogP contribution in [0.3, 0.4) is 0 Å². The van der Waals surface area contributed by atoms with E-state index < -0.39 is 0 Å². The van der Waals surface area contributed by atoms with E-state index in [1.54, 1.807) is 0 Å². The standard InChI is InChI=1S/C13H17NO2/c14-12-6-4-10(5-7-12)9-11-3-1-2-8-16-13(11)15/h4-7,11H,1-3,8-9,14H2. The summed E-state index contributed by atoms with van der Waals surface area (Å²) in [5.74, 6) is -0.0274. The fraction of sp³-hybridized carbons (Fsp3) is 0.462. The number of nitrogen functional groups attached to an aromatic ring is 1. The van der Waals surface area contributed by atoms with E-state index >= 15 is 0 Å². The molecular weight excluding hydrogens is 202 g/mol. The lowest BCUT2D eigenvalue weighted by Crippen LogP contribution is -2.17. The first-order valence-electron chi connectivity index (χ1n) is 5.77. The molecule has 16 heavy (non-hydrogen) atoms. The van der Waals surface area contributed by atoms with Crippen molar-refractivity contribution in [2.24, 2.45) is 5.92 Å². The van der Waals surface area contributed by atoms with Crippen LogP contribution in [0, 0.1) is 5.92 Å². The summed E-state index contributed by atoms with van der Waals surface area (Å²) in [4.78, 5) is 11.6. The molecule has 0 amide bonds. The zero-order valence-corrected chi connectivity index (χ0v) is 9.32. The number of benzene rings is 1. The van der Waals surface area contributed by atoms with E-state index in [-0.39, 0.29) is 11.9 Å². The Bertz CT molecular complexity index is 359. The van der Waals surface area contributed by atoms with Gasteiger partial charge in [-0.1, -0.05) is 12.1 Å². The Balaban J connectivity index is 2.02. The molecule has 1 aromatic rings. The van der Waals surface area contributed by atoms with Crippen molar-refractivity contribution in [1.82, 2.24) is 0 Å². The molecule has 3 nitrogen and oxygen atoms in total. The van der Waals surface area contributed by atoms with E-state index in [1.165, 1.54) is 0 Å². The fourth-order valence-electron chi connectivity index (χ4n) is 2.02. The van der Waals surface area contributed by atoms with Crippen LogP contribution in [-0.4, -0.2) is 12.6 Å². The molecule has 1 atom stereocenters. The van der Waals surface area contributed by atoms with Gasteiger partial charge in [0.25, 0.3) is 0 Å². The van der Waals surface area contributed by atoms with Crippen molar-refractivity contribution in [3.05, 3.63) is 29.8 Å². The molecular formula is C13H17NO2. The van der Waals surface area contributed by atoms with E-state index in [9.17, 15) is 4.79 Å². The molecule has 0 aromatic heterocycles. The highest BCUT2D eigenvalue weighted by Gasteiger charge is 2.22. The first kappa shape index (κ1) is 11.0. The zero-order chi connectivity index (χ0) is 11.4. The highest BCUT2D eigenvalue weighted by Crippen LogP contribution is 2.20. The first-order chi connectivity index (χ1) is 7.75. The maximum atomic E-state index is 11.6. The van der Waals surface area contributed by atoms with Crippen molar-refractivity contribution < 1.29 is 9.53 Å². The third kappa shape index (κ3) is 2.75. The molecule has 0 radical (unpaired) electrons. The number of hydrogen-bond donors (Lipinski definition) is 1. The van der Waals surface area contributed by atoms with Gasteiger partial charge in [0.05, 0.1) is 12.5 Å². The molecule has 2 N–H and O–H groups in total. The highest BCUT2D eigenvalue weighted by atomic mass is 16.5. The Morgan fingerprint density at radius 1 is 1.25 bits per heavy atom. The topological polar surface area (TPSA) is 52.3 Å². The Morgan fingerprint density at radius 3 is 2.75 bits per heavy atom. The van der Waals surface area contributed by atoms with Gasteiger partial charge < -0.3 is 10.5 Å². The maximum Gasteiger partial charge on any atom is 0.309 e. The van der Waals surface area contributed by atoms with Crippen LogP contribution in [-0.2, 0) is 16.0 Å². The van der Waals surface area contributed by atoms with Gasteiger partial charge in [0, 0.05) is 5.69 Å². The molecule has 0 spiro atoms. The van der Waals surface area contributed by atoms with E-state index in [2.05, 4.69) is 0 Å². The van der Waals surface area contributed by atoms with Crippen molar-refractivity contribution in [2.75, 3.05) is 12.3 Å². The SMILES string of the molecule is Nc1ccc(CC2CCCCOC2=O)cc1. The second-order valence-corrected chi connectivity index (χ2v) is 4.31. The third-order valence-corrected chi connectivity index (χ3v) is 2.99. The van der Waals surface area contributed by atoms with Crippen molar-refractivity contribution in [2.45, 2.75) is 25.7 Å². The van der Waals surface area contributed by atoms with Gasteiger partial charge in [-0.25, -0.2) is 0 Å². The monoisotopic (exact) mass is 219 g/mol. The summed E-state index contributed by atoms with van der Waals surface area (Å²) in [7, 11) is 0. The minimum Gasteiger partial charge on any atom is -0.465 e. The Labute approximate surface area is 95.6 Å². The van der Waals surface area contributed by atoms with Crippen LogP contribution in [0.15, 0.2) is 24.3 Å². The summed E-state index contributed by atoms with van der Waals surface area (Å²) in [6.45, 7) is 0.580. The minimum absolute atomic E-state index is 0.0196. The molecule has 86 valence electrons. The maximum absolute atomic E-state index is 11.6. The van der Waals surface area contributed by atoms with Gasteiger partial charge in [-0.3, -0.25) is 4.79 Å². The molecule has 2 rings (SSSR count). The second kappa shape index (κ2) is 5.01. The Morgan fingerprint density at radius 2 is 2.00 bits per heavy atom. The Hall–Kier alpha value is -1.51. The quantitative estimate of drug-likeness (QED) is 0.612. The number of ether oxygens (including phenoxy) is 1. The van der Waals surface area contributed by atoms with Crippen LogP contribution in [0.2, 0.25) is 0 Å². The van der Waals surface area contributed by atoms with Gasteiger partial charge in [-0.05, 0) is 43.4 Å². The van der Waals surface area contributed by atoms with Crippen LogP contribution in [0.1, 0.15) is 24.8 Å². The van der Waals surface area contributed by atoms with E-state index in [1.807, 2.05) is 24.3 Å². The predicted octanol–water partition coefficient (Wildman–Crippen LogP) is 2.15. The molecule has 1 aromatic carbocycles. The van der Waals surface area contributed by atoms with E-state index in [0.717, 1.165) is 36.9 Å². The first-order valence-corrected chi connectivity index (χ1v) is 5.77. The molecule has 3 heteroatoms. The molecule has 1 aliphatic rings. The average molecular weight is 219 g/mol. The van der Waals surface area contributed by atoms with Gasteiger partial charge in [-0.15, -0.1) is 0 Å². The van der Waals surface area contributed by atoms with Crippen LogP contribution in [0.5, 0.6) is 0 Å². The average Bonchev–Trinajstić information content (AvgIpc) is 2.48. The summed E-state index contributed by atoms with van der Waals surface area (Å²) in [6, 6.07) is 7.70. The van der Waals surface area contributed by atoms with Gasteiger partial charge in [0.15, 0.2) is 0 Å². The van der Waals surface area contributed by atoms with Crippen LogP contribution in [0.25, 0.3) is 0 Å². The molecule has 0 bridgehead atoms. The highest BCUT2D eigenvalue weighted by molar-refractivity contribution is 5.73. The lowest BCUT2D eigenvalue weighted by Gasteiger charge is -2.12. The molecule has 0 aliphatic carbocycles. The summed E-state index contributed by atoms with van der Waals surface area (Å²) >= 11 is 0. The van der Waals surface area contributed by atoms with E-state index in [4.69, 9.17) is 10.5 Å². The van der Waals surface area contributed by atoms with Crippen molar-refractivity contribution in [3.63, 3.8) is 0 Å². The number of carbonyl (C=O) groups is 1. The number of anilines is 1. The van der Waals surface area contributed by atoms with Crippen LogP contribution >= 0.6 is 0 Å². The Kier molecular flexibility index (Phi) is 3.44. The molecule has 1 unspecified atom stereocenters. The van der Waals surface area contributed by atoms with Gasteiger partial charge in [0.2, 0.25) is 0 Å².